The molecule has 1 aromatic heterocycles. The second-order valence-electron chi connectivity index (χ2n) is 7.65. The normalized spacial score (nSPS) is 13.8. The van der Waals surface area contributed by atoms with Crippen LogP contribution in [-0.4, -0.2) is 57.9 Å². The molecule has 11 heteroatoms. The minimum atomic E-state index is -0.366. The average molecular weight is 485 g/mol. The van der Waals surface area contributed by atoms with Gasteiger partial charge in [0.1, 0.15) is 5.69 Å². The first-order valence-corrected chi connectivity index (χ1v) is 12.3. The van der Waals surface area contributed by atoms with Crippen molar-refractivity contribution in [1.29, 1.82) is 0 Å². The molecule has 1 amide bonds. The number of nitrogens with one attached hydrogen (secondary N) is 1. The maximum absolute atomic E-state index is 12.7. The van der Waals surface area contributed by atoms with Crippen LogP contribution in [-0.2, 0) is 4.79 Å². The van der Waals surface area contributed by atoms with Crippen LogP contribution < -0.4 is 10.2 Å². The van der Waals surface area contributed by atoms with Gasteiger partial charge in [-0.3, -0.25) is 14.9 Å². The molecule has 1 aliphatic rings. The molecule has 0 bridgehead atoms. The second kappa shape index (κ2) is 10.2. The molecule has 1 saturated heterocycles. The van der Waals surface area contributed by atoms with Crippen molar-refractivity contribution in [1.82, 2.24) is 15.1 Å². The summed E-state index contributed by atoms with van der Waals surface area (Å²) < 4.78 is 0.731. The Balaban J connectivity index is 1.28. The monoisotopic (exact) mass is 484 g/mol. The molecular formula is C22H24N6O3S2. The third-order valence-corrected chi connectivity index (χ3v) is 7.58. The third kappa shape index (κ3) is 5.42. The summed E-state index contributed by atoms with van der Waals surface area (Å²) in [5, 5.41) is 23.7. The number of carbonyl (C=O) groups is 1. The van der Waals surface area contributed by atoms with Gasteiger partial charge in [0.25, 0.3) is 5.69 Å². The van der Waals surface area contributed by atoms with Crippen LogP contribution >= 0.6 is 23.1 Å². The predicted octanol–water partition coefficient (Wildman–Crippen LogP) is 4.25. The van der Waals surface area contributed by atoms with Crippen molar-refractivity contribution in [3.63, 3.8) is 0 Å². The summed E-state index contributed by atoms with van der Waals surface area (Å²) in [5.74, 6) is 0.310. The first-order valence-electron chi connectivity index (χ1n) is 10.5. The van der Waals surface area contributed by atoms with Crippen LogP contribution in [0.3, 0.4) is 0 Å². The summed E-state index contributed by atoms with van der Waals surface area (Å²) in [6.45, 7) is 6.30. The number of benzene rings is 2. The number of rotatable bonds is 7. The van der Waals surface area contributed by atoms with E-state index in [1.165, 1.54) is 34.7 Å². The van der Waals surface area contributed by atoms with E-state index in [1.807, 2.05) is 17.0 Å². The molecule has 1 N–H and O–H groups in total. The predicted molar refractivity (Wildman–Crippen MR) is 132 cm³/mol. The van der Waals surface area contributed by atoms with Crippen molar-refractivity contribution in [3.8, 4) is 0 Å². The van der Waals surface area contributed by atoms with Crippen LogP contribution in [0, 0.1) is 24.0 Å². The number of amides is 1. The van der Waals surface area contributed by atoms with Crippen molar-refractivity contribution in [3.05, 3.63) is 63.7 Å². The number of nitro groups is 1. The minimum absolute atomic E-state index is 0.0291. The topological polar surface area (TPSA) is 104 Å². The number of hydrogen-bond acceptors (Lipinski definition) is 9. The molecule has 4 rings (SSSR count). The lowest BCUT2D eigenvalue weighted by molar-refractivity contribution is -0.384. The van der Waals surface area contributed by atoms with E-state index in [0.717, 1.165) is 15.6 Å². The highest BCUT2D eigenvalue weighted by atomic mass is 32.2. The number of aryl methyl sites for hydroxylation is 1. The number of piperazine rings is 1. The number of carbonyl (C=O) groups excluding carboxylic acids is 1. The molecule has 0 spiro atoms. The molecular weight excluding hydrogens is 460 g/mol. The third-order valence-electron chi connectivity index (χ3n) is 5.62. The smallest absolute Gasteiger partial charge is 0.292 e. The maximum atomic E-state index is 12.7. The minimum Gasteiger partial charge on any atom is -0.362 e. The SMILES string of the molecule is Cc1cccc(Nc2nnc(SCC(=O)N3CCN(c4ccccc4[N+](=O)[O-])CC3)s2)c1C. The summed E-state index contributed by atoms with van der Waals surface area (Å²) in [6, 6.07) is 12.8. The lowest BCUT2D eigenvalue weighted by Crippen LogP contribution is -2.49. The van der Waals surface area contributed by atoms with E-state index in [-0.39, 0.29) is 22.3 Å². The Morgan fingerprint density at radius 2 is 1.88 bits per heavy atom. The van der Waals surface area contributed by atoms with Gasteiger partial charge in [-0.05, 0) is 37.1 Å². The van der Waals surface area contributed by atoms with Crippen molar-refractivity contribution >= 4 is 51.2 Å². The van der Waals surface area contributed by atoms with E-state index < -0.39 is 0 Å². The van der Waals surface area contributed by atoms with Crippen LogP contribution in [0.4, 0.5) is 22.2 Å². The molecule has 2 heterocycles. The van der Waals surface area contributed by atoms with Gasteiger partial charge in [0.05, 0.1) is 10.7 Å². The largest absolute Gasteiger partial charge is 0.362 e. The van der Waals surface area contributed by atoms with Gasteiger partial charge in [0.15, 0.2) is 4.34 Å². The quantitative estimate of drug-likeness (QED) is 0.302. The molecule has 1 aliphatic heterocycles. The molecule has 1 fully saturated rings. The summed E-state index contributed by atoms with van der Waals surface area (Å²) in [4.78, 5) is 27.4. The molecule has 0 atom stereocenters. The zero-order valence-electron chi connectivity index (χ0n) is 18.4. The van der Waals surface area contributed by atoms with E-state index in [0.29, 0.717) is 37.0 Å². The molecule has 0 aliphatic carbocycles. The molecule has 3 aromatic rings. The van der Waals surface area contributed by atoms with Gasteiger partial charge in [0.2, 0.25) is 11.0 Å². The maximum Gasteiger partial charge on any atom is 0.292 e. The summed E-state index contributed by atoms with van der Waals surface area (Å²) >= 11 is 2.79. The van der Waals surface area contributed by atoms with E-state index in [2.05, 4.69) is 35.4 Å². The standard InChI is InChI=1S/C22H24N6O3S2/c1-15-6-5-7-17(16(15)2)23-21-24-25-22(33-21)32-14-20(29)27-12-10-26(11-13-27)18-8-3-4-9-19(18)28(30)31/h3-9H,10-14H2,1-2H3,(H,23,24). The highest BCUT2D eigenvalue weighted by molar-refractivity contribution is 8.01. The van der Waals surface area contributed by atoms with Crippen LogP contribution in [0.5, 0.6) is 0 Å². The fourth-order valence-electron chi connectivity index (χ4n) is 3.62. The van der Waals surface area contributed by atoms with Gasteiger partial charge in [-0.1, -0.05) is 47.4 Å². The van der Waals surface area contributed by atoms with Crippen LogP contribution in [0.25, 0.3) is 0 Å². The van der Waals surface area contributed by atoms with E-state index >= 15 is 0 Å². The van der Waals surface area contributed by atoms with Crippen molar-refractivity contribution < 1.29 is 9.72 Å². The molecule has 0 saturated carbocycles. The fourth-order valence-corrected chi connectivity index (χ4v) is 5.28. The Labute approximate surface area is 200 Å². The zero-order valence-corrected chi connectivity index (χ0v) is 20.0. The summed E-state index contributed by atoms with van der Waals surface area (Å²) in [7, 11) is 0. The number of thioether (sulfide) groups is 1. The molecule has 33 heavy (non-hydrogen) atoms. The van der Waals surface area contributed by atoms with Crippen LogP contribution in [0.1, 0.15) is 11.1 Å². The Kier molecular flexibility index (Phi) is 7.09. The van der Waals surface area contributed by atoms with Crippen molar-refractivity contribution in [2.24, 2.45) is 0 Å². The lowest BCUT2D eigenvalue weighted by Gasteiger charge is -2.35. The van der Waals surface area contributed by atoms with Gasteiger partial charge < -0.3 is 15.1 Å². The van der Waals surface area contributed by atoms with E-state index in [4.69, 9.17) is 0 Å². The average Bonchev–Trinajstić information content (AvgIpc) is 3.28. The number of para-hydroxylation sites is 2. The van der Waals surface area contributed by atoms with Gasteiger partial charge in [0, 0.05) is 37.9 Å². The molecule has 2 aromatic carbocycles. The molecule has 172 valence electrons. The number of anilines is 3. The summed E-state index contributed by atoms with van der Waals surface area (Å²) in [6.07, 6.45) is 0. The van der Waals surface area contributed by atoms with Gasteiger partial charge in [-0.2, -0.15) is 0 Å². The number of aromatic nitrogens is 2. The molecule has 9 nitrogen and oxygen atoms in total. The number of nitrogens with zero attached hydrogens (tertiary/aromatic N) is 5. The van der Waals surface area contributed by atoms with Crippen LogP contribution in [0.15, 0.2) is 46.8 Å². The Bertz CT molecular complexity index is 1160. The zero-order chi connectivity index (χ0) is 23.4. The summed E-state index contributed by atoms with van der Waals surface area (Å²) in [5.41, 5.74) is 4.05. The molecule has 0 unspecified atom stereocenters. The number of hydrogen-bond donors (Lipinski definition) is 1. The Morgan fingerprint density at radius 3 is 2.64 bits per heavy atom. The van der Waals surface area contributed by atoms with Crippen molar-refractivity contribution in [2.75, 3.05) is 42.1 Å². The highest BCUT2D eigenvalue weighted by Gasteiger charge is 2.25. The van der Waals surface area contributed by atoms with Crippen molar-refractivity contribution in [2.45, 2.75) is 18.2 Å². The van der Waals surface area contributed by atoms with Gasteiger partial charge >= 0.3 is 0 Å². The fraction of sp³-hybridized carbons (Fsp3) is 0.318. The lowest BCUT2D eigenvalue weighted by atomic mass is 10.1. The second-order valence-corrected chi connectivity index (χ2v) is 9.85. The molecule has 0 radical (unpaired) electrons. The first kappa shape index (κ1) is 23.0. The Hall–Kier alpha value is -3.18. The number of nitro benzene ring substituents is 1. The van der Waals surface area contributed by atoms with E-state index in [9.17, 15) is 14.9 Å². The van der Waals surface area contributed by atoms with E-state index in [1.54, 1.807) is 23.1 Å². The van der Waals surface area contributed by atoms with Gasteiger partial charge in [-0.15, -0.1) is 10.2 Å². The Morgan fingerprint density at radius 1 is 1.12 bits per heavy atom. The highest BCUT2D eigenvalue weighted by Crippen LogP contribution is 2.31. The van der Waals surface area contributed by atoms with Gasteiger partial charge in [-0.25, -0.2) is 0 Å². The van der Waals surface area contributed by atoms with Crippen LogP contribution in [0.2, 0.25) is 0 Å². The first-order chi connectivity index (χ1) is 15.9.